The number of nitrogens with zero attached hydrogens (tertiary/aromatic N) is 2. The lowest BCUT2D eigenvalue weighted by Crippen LogP contribution is -2.25. The van der Waals surface area contributed by atoms with E-state index in [9.17, 15) is 4.79 Å². The van der Waals surface area contributed by atoms with Gasteiger partial charge in [-0.15, -0.1) is 0 Å². The summed E-state index contributed by atoms with van der Waals surface area (Å²) < 4.78 is 5.40. The molecule has 0 bridgehead atoms. The van der Waals surface area contributed by atoms with E-state index in [4.69, 9.17) is 4.74 Å². The maximum absolute atomic E-state index is 12.2. The van der Waals surface area contributed by atoms with Gasteiger partial charge in [-0.05, 0) is 42.3 Å². The normalized spacial score (nSPS) is 10.9. The molecular weight excluding hydrogens is 296 g/mol. The minimum absolute atomic E-state index is 0.0491. The largest absolute Gasteiger partial charge is 0.496 e. The van der Waals surface area contributed by atoms with Gasteiger partial charge < -0.3 is 9.64 Å². The number of methoxy groups -OCH3 is 1. The molecule has 0 radical (unpaired) electrons. The first-order valence-electron chi connectivity index (χ1n) is 6.97. The molecule has 0 aliphatic heterocycles. The minimum atomic E-state index is -0.0491. The molecule has 4 nitrogen and oxygen atoms in total. The number of aromatic nitrogens is 1. The predicted octanol–water partition coefficient (Wildman–Crippen LogP) is 3.44. The quantitative estimate of drug-likeness (QED) is 0.794. The molecule has 0 spiro atoms. The molecule has 116 valence electrons. The number of ether oxygens (including phenoxy) is 1. The molecule has 0 unspecified atom stereocenters. The monoisotopic (exact) mass is 316 g/mol. The zero-order chi connectivity index (χ0) is 16.1. The Balaban J connectivity index is 2.08. The predicted molar refractivity (Wildman–Crippen MR) is 90.1 cm³/mol. The number of carbonyl (C=O) groups is 1. The van der Waals surface area contributed by atoms with Gasteiger partial charge in [0, 0.05) is 30.4 Å². The summed E-state index contributed by atoms with van der Waals surface area (Å²) in [4.78, 5) is 18.2. The van der Waals surface area contributed by atoms with E-state index in [-0.39, 0.29) is 5.91 Å². The number of carbonyl (C=O) groups excluding carboxylic acids is 1. The molecule has 5 heteroatoms. The zero-order valence-electron chi connectivity index (χ0n) is 13.3. The van der Waals surface area contributed by atoms with Crippen molar-refractivity contribution in [3.05, 3.63) is 51.5 Å². The third-order valence-corrected chi connectivity index (χ3v) is 4.18. The van der Waals surface area contributed by atoms with E-state index in [1.807, 2.05) is 36.7 Å². The number of hydrogen-bond acceptors (Lipinski definition) is 4. The first-order valence-corrected chi connectivity index (χ1v) is 7.91. The van der Waals surface area contributed by atoms with E-state index in [0.717, 1.165) is 28.1 Å². The molecule has 0 fully saturated rings. The standard InChI is InChI=1S/C17H20N2O2S/c1-12-9-18-15(13(2)17(12)21-4)10-19(3)16(20)6-5-14-7-8-22-11-14/h5-9,11H,10H2,1-4H3/b6-5+. The van der Waals surface area contributed by atoms with Crippen molar-refractivity contribution in [3.8, 4) is 5.75 Å². The van der Waals surface area contributed by atoms with E-state index in [2.05, 4.69) is 4.98 Å². The first kappa shape index (κ1) is 16.2. The highest BCUT2D eigenvalue weighted by Crippen LogP contribution is 2.24. The average Bonchev–Trinajstić information content (AvgIpc) is 3.01. The summed E-state index contributed by atoms with van der Waals surface area (Å²) in [6.07, 6.45) is 5.19. The molecule has 0 N–H and O–H groups in total. The summed E-state index contributed by atoms with van der Waals surface area (Å²) in [7, 11) is 3.42. The molecule has 0 aliphatic carbocycles. The highest BCUT2D eigenvalue weighted by atomic mass is 32.1. The fraction of sp³-hybridized carbons (Fsp3) is 0.294. The second-order valence-corrected chi connectivity index (χ2v) is 5.91. The molecule has 2 aromatic heterocycles. The van der Waals surface area contributed by atoms with Gasteiger partial charge >= 0.3 is 0 Å². The SMILES string of the molecule is COc1c(C)cnc(CN(C)C(=O)/C=C/c2ccsc2)c1C. The third-order valence-electron chi connectivity index (χ3n) is 3.47. The van der Waals surface area contributed by atoms with Gasteiger partial charge in [0.05, 0.1) is 19.3 Å². The molecule has 0 saturated heterocycles. The summed E-state index contributed by atoms with van der Waals surface area (Å²) in [5.74, 6) is 0.784. The van der Waals surface area contributed by atoms with Crippen LogP contribution in [0.3, 0.4) is 0 Å². The summed E-state index contributed by atoms with van der Waals surface area (Å²) in [5, 5.41) is 3.99. The Kier molecular flexibility index (Phi) is 5.33. The molecule has 0 atom stereocenters. The summed E-state index contributed by atoms with van der Waals surface area (Å²) in [5.41, 5.74) is 3.86. The number of aryl methyl sites for hydroxylation is 1. The molecule has 2 aromatic rings. The Hall–Kier alpha value is -2.14. The number of rotatable bonds is 5. The molecule has 1 amide bonds. The van der Waals surface area contributed by atoms with Crippen LogP contribution in [0, 0.1) is 13.8 Å². The van der Waals surface area contributed by atoms with Gasteiger partial charge in [0.15, 0.2) is 0 Å². The zero-order valence-corrected chi connectivity index (χ0v) is 14.1. The summed E-state index contributed by atoms with van der Waals surface area (Å²) in [6.45, 7) is 4.38. The maximum atomic E-state index is 12.2. The number of likely N-dealkylation sites (N-methyl/N-ethyl adjacent to an activating group) is 1. The van der Waals surface area contributed by atoms with Crippen LogP contribution in [0.25, 0.3) is 6.08 Å². The average molecular weight is 316 g/mol. The second-order valence-electron chi connectivity index (χ2n) is 5.13. The van der Waals surface area contributed by atoms with Crippen LogP contribution < -0.4 is 4.74 Å². The van der Waals surface area contributed by atoms with Crippen molar-refractivity contribution in [3.63, 3.8) is 0 Å². The van der Waals surface area contributed by atoms with Crippen LogP contribution in [0.1, 0.15) is 22.4 Å². The number of pyridine rings is 1. The smallest absolute Gasteiger partial charge is 0.246 e. The molecule has 22 heavy (non-hydrogen) atoms. The minimum Gasteiger partial charge on any atom is -0.496 e. The van der Waals surface area contributed by atoms with Crippen molar-refractivity contribution in [1.29, 1.82) is 0 Å². The van der Waals surface area contributed by atoms with Crippen molar-refractivity contribution in [2.75, 3.05) is 14.2 Å². The van der Waals surface area contributed by atoms with Crippen LogP contribution in [-0.2, 0) is 11.3 Å². The fourth-order valence-electron chi connectivity index (χ4n) is 2.20. The van der Waals surface area contributed by atoms with Crippen LogP contribution in [0.2, 0.25) is 0 Å². The molecular formula is C17H20N2O2S. The lowest BCUT2D eigenvalue weighted by atomic mass is 10.1. The third kappa shape index (κ3) is 3.74. The maximum Gasteiger partial charge on any atom is 0.246 e. The fourth-order valence-corrected chi connectivity index (χ4v) is 2.83. The van der Waals surface area contributed by atoms with Crippen molar-refractivity contribution in [2.24, 2.45) is 0 Å². The summed E-state index contributed by atoms with van der Waals surface area (Å²) in [6, 6.07) is 1.98. The summed E-state index contributed by atoms with van der Waals surface area (Å²) >= 11 is 1.61. The molecule has 2 heterocycles. The Bertz CT molecular complexity index is 678. The van der Waals surface area contributed by atoms with Gasteiger partial charge in [0.2, 0.25) is 5.91 Å². The van der Waals surface area contributed by atoms with Gasteiger partial charge in [-0.2, -0.15) is 11.3 Å². The van der Waals surface area contributed by atoms with Crippen molar-refractivity contribution >= 4 is 23.3 Å². The van der Waals surface area contributed by atoms with Gasteiger partial charge in [-0.1, -0.05) is 0 Å². The van der Waals surface area contributed by atoms with Crippen molar-refractivity contribution < 1.29 is 9.53 Å². The van der Waals surface area contributed by atoms with Crippen LogP contribution >= 0.6 is 11.3 Å². The van der Waals surface area contributed by atoms with Gasteiger partial charge in [0.1, 0.15) is 5.75 Å². The van der Waals surface area contributed by atoms with Crippen LogP contribution in [0.5, 0.6) is 5.75 Å². The molecule has 0 aromatic carbocycles. The molecule has 0 aliphatic rings. The van der Waals surface area contributed by atoms with E-state index in [1.165, 1.54) is 0 Å². The van der Waals surface area contributed by atoms with Gasteiger partial charge in [0.25, 0.3) is 0 Å². The van der Waals surface area contributed by atoms with Crippen LogP contribution in [0.15, 0.2) is 29.1 Å². The van der Waals surface area contributed by atoms with E-state index < -0.39 is 0 Å². The van der Waals surface area contributed by atoms with Crippen molar-refractivity contribution in [1.82, 2.24) is 9.88 Å². The molecule has 0 saturated carbocycles. The number of hydrogen-bond donors (Lipinski definition) is 0. The Morgan fingerprint density at radius 3 is 2.86 bits per heavy atom. The van der Waals surface area contributed by atoms with Crippen LogP contribution in [-0.4, -0.2) is 29.9 Å². The second kappa shape index (κ2) is 7.22. The van der Waals surface area contributed by atoms with Gasteiger partial charge in [-0.25, -0.2) is 0 Å². The van der Waals surface area contributed by atoms with Crippen molar-refractivity contribution in [2.45, 2.75) is 20.4 Å². The first-order chi connectivity index (χ1) is 10.5. The Labute approximate surface area is 135 Å². The van der Waals surface area contributed by atoms with Gasteiger partial charge in [-0.3, -0.25) is 9.78 Å². The lowest BCUT2D eigenvalue weighted by molar-refractivity contribution is -0.125. The number of amides is 1. The molecule has 2 rings (SSSR count). The van der Waals surface area contributed by atoms with E-state index >= 15 is 0 Å². The highest BCUT2D eigenvalue weighted by Gasteiger charge is 2.13. The Morgan fingerprint density at radius 1 is 1.45 bits per heavy atom. The Morgan fingerprint density at radius 2 is 2.23 bits per heavy atom. The lowest BCUT2D eigenvalue weighted by Gasteiger charge is -2.18. The van der Waals surface area contributed by atoms with Crippen LogP contribution in [0.4, 0.5) is 0 Å². The van der Waals surface area contributed by atoms with E-state index in [1.54, 1.807) is 42.7 Å². The van der Waals surface area contributed by atoms with E-state index in [0.29, 0.717) is 6.54 Å². The topological polar surface area (TPSA) is 42.4 Å². The number of thiophene rings is 1. The highest BCUT2D eigenvalue weighted by molar-refractivity contribution is 7.08.